The third kappa shape index (κ3) is 4.59. The van der Waals surface area contributed by atoms with Crippen molar-refractivity contribution in [1.29, 1.82) is 0 Å². The average molecular weight is 397 g/mol. The summed E-state index contributed by atoms with van der Waals surface area (Å²) in [5.74, 6) is -1.18. The van der Waals surface area contributed by atoms with Crippen molar-refractivity contribution < 1.29 is 24.5 Å². The summed E-state index contributed by atoms with van der Waals surface area (Å²) in [6.45, 7) is 5.48. The summed E-state index contributed by atoms with van der Waals surface area (Å²) in [4.78, 5) is 23.6. The maximum Gasteiger partial charge on any atom is 0.407 e. The number of fused-ring (bicyclic) bond motifs is 3. The van der Waals surface area contributed by atoms with Crippen molar-refractivity contribution in [2.75, 3.05) is 6.61 Å². The van der Waals surface area contributed by atoms with Gasteiger partial charge in [-0.15, -0.1) is 0 Å². The fourth-order valence-corrected chi connectivity index (χ4v) is 3.82. The molecule has 1 aliphatic carbocycles. The van der Waals surface area contributed by atoms with E-state index in [1.807, 2.05) is 36.4 Å². The normalized spacial score (nSPS) is 15.2. The molecule has 0 spiro atoms. The van der Waals surface area contributed by atoms with Crippen LogP contribution in [-0.2, 0) is 9.53 Å². The van der Waals surface area contributed by atoms with E-state index >= 15 is 0 Å². The van der Waals surface area contributed by atoms with E-state index in [4.69, 9.17) is 9.84 Å². The van der Waals surface area contributed by atoms with Crippen LogP contribution in [0.3, 0.4) is 0 Å². The van der Waals surface area contributed by atoms with E-state index in [9.17, 15) is 14.7 Å². The van der Waals surface area contributed by atoms with E-state index in [0.29, 0.717) is 0 Å². The Hall–Kier alpha value is -2.86. The van der Waals surface area contributed by atoms with E-state index in [1.165, 1.54) is 0 Å². The predicted octanol–water partition coefficient (Wildman–Crippen LogP) is 3.78. The van der Waals surface area contributed by atoms with Gasteiger partial charge >= 0.3 is 12.1 Å². The molecule has 6 nitrogen and oxygen atoms in total. The molecule has 1 unspecified atom stereocenters. The molecule has 0 aromatic heterocycles. The summed E-state index contributed by atoms with van der Waals surface area (Å²) in [7, 11) is 0. The first-order valence-corrected chi connectivity index (χ1v) is 9.70. The number of carbonyl (C=O) groups excluding carboxylic acids is 1. The standard InChI is InChI=1S/C23H27NO5/c1-23(2,3)21(27)19(12-20(25)26)24-22(28)29-13-18-16-10-6-4-8-14(16)15-9-5-7-11-17(15)18/h4-11,18-19,21,27H,12-13H2,1-3H3,(H,24,28)(H,25,26)/t19-,21?/m1/s1. The van der Waals surface area contributed by atoms with E-state index in [-0.39, 0.29) is 18.9 Å². The number of aliphatic carboxylic acids is 1. The number of ether oxygens (including phenoxy) is 1. The molecule has 0 heterocycles. The van der Waals surface area contributed by atoms with Crippen LogP contribution < -0.4 is 5.32 Å². The van der Waals surface area contributed by atoms with Gasteiger partial charge in [-0.1, -0.05) is 69.3 Å². The molecule has 6 heteroatoms. The highest BCUT2D eigenvalue weighted by molar-refractivity contribution is 5.79. The van der Waals surface area contributed by atoms with E-state index in [2.05, 4.69) is 17.4 Å². The first kappa shape index (κ1) is 20.9. The van der Waals surface area contributed by atoms with Crippen LogP contribution in [0.2, 0.25) is 0 Å². The van der Waals surface area contributed by atoms with Gasteiger partial charge in [-0.3, -0.25) is 4.79 Å². The molecular formula is C23H27NO5. The minimum Gasteiger partial charge on any atom is -0.481 e. The minimum atomic E-state index is -1.10. The van der Waals surface area contributed by atoms with Crippen molar-refractivity contribution in [2.24, 2.45) is 5.41 Å². The molecule has 154 valence electrons. The Bertz CT molecular complexity index is 857. The number of hydrogen-bond donors (Lipinski definition) is 3. The van der Waals surface area contributed by atoms with Crippen LogP contribution in [0.15, 0.2) is 48.5 Å². The summed E-state index contributed by atoms with van der Waals surface area (Å²) in [5.41, 5.74) is 3.86. The maximum absolute atomic E-state index is 12.4. The molecule has 2 aromatic rings. The molecule has 0 bridgehead atoms. The number of carboxylic acid groups (broad SMARTS) is 1. The third-order valence-corrected chi connectivity index (χ3v) is 5.31. The second-order valence-corrected chi connectivity index (χ2v) is 8.49. The van der Waals surface area contributed by atoms with Crippen LogP contribution in [0.5, 0.6) is 0 Å². The van der Waals surface area contributed by atoms with Gasteiger partial charge in [-0.05, 0) is 27.7 Å². The number of carbonyl (C=O) groups is 2. The van der Waals surface area contributed by atoms with Crippen molar-refractivity contribution in [3.05, 3.63) is 59.7 Å². The Morgan fingerprint density at radius 3 is 2.03 bits per heavy atom. The molecule has 2 atom stereocenters. The molecule has 3 N–H and O–H groups in total. The lowest BCUT2D eigenvalue weighted by atomic mass is 9.83. The summed E-state index contributed by atoms with van der Waals surface area (Å²) in [5, 5.41) is 22.1. The lowest BCUT2D eigenvalue weighted by molar-refractivity contribution is -0.138. The molecule has 1 aliphatic rings. The van der Waals surface area contributed by atoms with Crippen LogP contribution >= 0.6 is 0 Å². The number of aliphatic hydroxyl groups excluding tert-OH is 1. The topological polar surface area (TPSA) is 95.9 Å². The Morgan fingerprint density at radius 2 is 1.55 bits per heavy atom. The highest BCUT2D eigenvalue weighted by Gasteiger charge is 2.34. The van der Waals surface area contributed by atoms with Gasteiger partial charge in [0.2, 0.25) is 0 Å². The minimum absolute atomic E-state index is 0.0846. The fraction of sp³-hybridized carbons (Fsp3) is 0.391. The highest BCUT2D eigenvalue weighted by atomic mass is 16.5. The second-order valence-electron chi connectivity index (χ2n) is 8.49. The molecule has 0 radical (unpaired) electrons. The molecular weight excluding hydrogens is 370 g/mol. The van der Waals surface area contributed by atoms with E-state index in [0.717, 1.165) is 22.3 Å². The largest absolute Gasteiger partial charge is 0.481 e. The van der Waals surface area contributed by atoms with Crippen molar-refractivity contribution in [1.82, 2.24) is 5.32 Å². The Labute approximate surface area is 170 Å². The number of aliphatic hydroxyl groups is 1. The van der Waals surface area contributed by atoms with Crippen molar-refractivity contribution in [2.45, 2.75) is 45.3 Å². The van der Waals surface area contributed by atoms with Crippen molar-refractivity contribution in [3.63, 3.8) is 0 Å². The quantitative estimate of drug-likeness (QED) is 0.689. The molecule has 29 heavy (non-hydrogen) atoms. The van der Waals surface area contributed by atoms with Gasteiger partial charge in [0.25, 0.3) is 0 Å². The van der Waals surface area contributed by atoms with Gasteiger partial charge in [0.1, 0.15) is 6.61 Å². The third-order valence-electron chi connectivity index (χ3n) is 5.31. The van der Waals surface area contributed by atoms with Gasteiger partial charge in [0.15, 0.2) is 0 Å². The molecule has 0 saturated carbocycles. The van der Waals surface area contributed by atoms with E-state index in [1.54, 1.807) is 20.8 Å². The molecule has 0 aliphatic heterocycles. The number of nitrogens with one attached hydrogen (secondary N) is 1. The van der Waals surface area contributed by atoms with Gasteiger partial charge < -0.3 is 20.3 Å². The second kappa shape index (κ2) is 8.25. The fourth-order valence-electron chi connectivity index (χ4n) is 3.82. The Kier molecular flexibility index (Phi) is 5.94. The maximum atomic E-state index is 12.4. The number of benzene rings is 2. The van der Waals surface area contributed by atoms with Gasteiger partial charge in [-0.2, -0.15) is 0 Å². The first-order chi connectivity index (χ1) is 13.7. The monoisotopic (exact) mass is 397 g/mol. The van der Waals surface area contributed by atoms with Crippen LogP contribution in [0, 0.1) is 5.41 Å². The number of carboxylic acids is 1. The van der Waals surface area contributed by atoms with Gasteiger partial charge in [-0.25, -0.2) is 4.79 Å². The van der Waals surface area contributed by atoms with Crippen molar-refractivity contribution >= 4 is 12.1 Å². The average Bonchev–Trinajstić information content (AvgIpc) is 2.98. The molecule has 0 fully saturated rings. The summed E-state index contributed by atoms with van der Waals surface area (Å²) in [6, 6.07) is 15.1. The van der Waals surface area contributed by atoms with Crippen LogP contribution in [0.25, 0.3) is 11.1 Å². The number of rotatable bonds is 6. The number of hydrogen-bond acceptors (Lipinski definition) is 4. The number of amides is 1. The van der Waals surface area contributed by atoms with Gasteiger partial charge in [0, 0.05) is 5.92 Å². The Morgan fingerprint density at radius 1 is 1.03 bits per heavy atom. The first-order valence-electron chi connectivity index (χ1n) is 9.70. The number of alkyl carbamates (subject to hydrolysis) is 1. The Balaban J connectivity index is 1.71. The summed E-state index contributed by atoms with van der Waals surface area (Å²) in [6.07, 6.45) is -2.15. The molecule has 2 aromatic carbocycles. The highest BCUT2D eigenvalue weighted by Crippen LogP contribution is 2.44. The van der Waals surface area contributed by atoms with Crippen LogP contribution in [0.4, 0.5) is 4.79 Å². The SMILES string of the molecule is CC(C)(C)C(O)[C@@H](CC(=O)O)NC(=O)OCC1c2ccccc2-c2ccccc21. The summed E-state index contributed by atoms with van der Waals surface area (Å²) < 4.78 is 5.46. The molecule has 3 rings (SSSR count). The lowest BCUT2D eigenvalue weighted by Gasteiger charge is -2.32. The molecule has 1 amide bonds. The zero-order valence-electron chi connectivity index (χ0n) is 16.9. The smallest absolute Gasteiger partial charge is 0.407 e. The zero-order valence-corrected chi connectivity index (χ0v) is 16.9. The van der Waals surface area contributed by atoms with Crippen LogP contribution in [-0.4, -0.2) is 41.0 Å². The summed E-state index contributed by atoms with van der Waals surface area (Å²) >= 11 is 0. The lowest BCUT2D eigenvalue weighted by Crippen LogP contribution is -2.50. The van der Waals surface area contributed by atoms with Crippen molar-refractivity contribution in [3.8, 4) is 11.1 Å². The van der Waals surface area contributed by atoms with Crippen LogP contribution in [0.1, 0.15) is 44.2 Å². The van der Waals surface area contributed by atoms with E-state index < -0.39 is 29.6 Å². The molecule has 0 saturated heterocycles. The zero-order chi connectivity index (χ0) is 21.2. The predicted molar refractivity (Wildman–Crippen MR) is 110 cm³/mol. The van der Waals surface area contributed by atoms with Gasteiger partial charge in [0.05, 0.1) is 18.6 Å².